The summed E-state index contributed by atoms with van der Waals surface area (Å²) in [5.74, 6) is -1.52. The van der Waals surface area contributed by atoms with Crippen LogP contribution in [0.2, 0.25) is 0 Å². The van der Waals surface area contributed by atoms with Gasteiger partial charge < -0.3 is 5.32 Å². The minimum Gasteiger partial charge on any atom is -0.302 e. The van der Waals surface area contributed by atoms with Crippen molar-refractivity contribution in [1.82, 2.24) is 10.2 Å². The van der Waals surface area contributed by atoms with Crippen molar-refractivity contribution < 1.29 is 9.59 Å². The van der Waals surface area contributed by atoms with Crippen LogP contribution in [-0.4, -0.2) is 40.6 Å². The van der Waals surface area contributed by atoms with E-state index in [9.17, 15) is 9.59 Å². The van der Waals surface area contributed by atoms with Gasteiger partial charge in [-0.25, -0.2) is 0 Å². The van der Waals surface area contributed by atoms with Crippen LogP contribution < -0.4 is 5.32 Å². The van der Waals surface area contributed by atoms with Gasteiger partial charge in [-0.05, 0) is 37.0 Å². The molecular formula is C16H17N3O2S. The van der Waals surface area contributed by atoms with Crippen molar-refractivity contribution in [1.29, 1.82) is 0 Å². The average Bonchev–Trinajstić information content (AvgIpc) is 3.32. The van der Waals surface area contributed by atoms with Crippen LogP contribution in [-0.2, 0) is 16.0 Å². The molecule has 0 bridgehead atoms. The standard InChI is InChI=1S/C16H17N3O2S/c20-14-13(10-17-12-6-7-12)15(21)19(16(22)18-14)9-8-11-4-2-1-3-5-11/h1-5,10,12-13H,6-9H2,(H,18,20,22)/t13-/m0/s1. The van der Waals surface area contributed by atoms with Crippen molar-refractivity contribution in [3.05, 3.63) is 35.9 Å². The van der Waals surface area contributed by atoms with Crippen molar-refractivity contribution in [2.24, 2.45) is 10.9 Å². The number of carbonyl (C=O) groups is 2. The molecule has 1 N–H and O–H groups in total. The number of amides is 2. The molecule has 2 fully saturated rings. The van der Waals surface area contributed by atoms with Gasteiger partial charge in [-0.15, -0.1) is 0 Å². The molecule has 2 amide bonds. The number of rotatable bonds is 5. The first-order chi connectivity index (χ1) is 10.6. The van der Waals surface area contributed by atoms with E-state index < -0.39 is 5.92 Å². The SMILES string of the molecule is O=C1NC(=S)N(CCc2ccccc2)C(=O)[C@H]1C=NC1CC1. The molecule has 1 aromatic carbocycles. The van der Waals surface area contributed by atoms with Crippen LogP contribution in [0.25, 0.3) is 0 Å². The highest BCUT2D eigenvalue weighted by Gasteiger charge is 2.37. The molecule has 1 saturated heterocycles. The molecule has 1 atom stereocenters. The van der Waals surface area contributed by atoms with Gasteiger partial charge in [0, 0.05) is 18.8 Å². The number of nitrogens with one attached hydrogen (secondary N) is 1. The third-order valence-corrected chi connectivity index (χ3v) is 4.07. The highest BCUT2D eigenvalue weighted by molar-refractivity contribution is 7.80. The van der Waals surface area contributed by atoms with Crippen LogP contribution >= 0.6 is 12.2 Å². The quantitative estimate of drug-likeness (QED) is 0.506. The topological polar surface area (TPSA) is 61.8 Å². The Kier molecular flexibility index (Phi) is 4.29. The highest BCUT2D eigenvalue weighted by Crippen LogP contribution is 2.23. The summed E-state index contributed by atoms with van der Waals surface area (Å²) >= 11 is 5.13. The predicted octanol–water partition coefficient (Wildman–Crippen LogP) is 1.32. The predicted molar refractivity (Wildman–Crippen MR) is 87.6 cm³/mol. The van der Waals surface area contributed by atoms with E-state index in [1.165, 1.54) is 11.1 Å². The minimum atomic E-state index is -0.858. The molecule has 114 valence electrons. The second-order valence-electron chi connectivity index (χ2n) is 5.53. The number of nitrogens with zero attached hydrogens (tertiary/aromatic N) is 2. The maximum atomic E-state index is 12.5. The minimum absolute atomic E-state index is 0.182. The summed E-state index contributed by atoms with van der Waals surface area (Å²) in [5, 5.41) is 2.78. The Bertz CT molecular complexity index is 626. The molecule has 22 heavy (non-hydrogen) atoms. The Hall–Kier alpha value is -2.08. The zero-order chi connectivity index (χ0) is 15.5. The summed E-state index contributed by atoms with van der Waals surface area (Å²) in [6, 6.07) is 10.2. The van der Waals surface area contributed by atoms with Crippen LogP contribution in [0.5, 0.6) is 0 Å². The molecule has 0 spiro atoms. The molecule has 1 saturated carbocycles. The monoisotopic (exact) mass is 315 g/mol. The van der Waals surface area contributed by atoms with Gasteiger partial charge in [0.25, 0.3) is 0 Å². The molecule has 5 nitrogen and oxygen atoms in total. The van der Waals surface area contributed by atoms with E-state index in [0.29, 0.717) is 13.0 Å². The van der Waals surface area contributed by atoms with Crippen molar-refractivity contribution in [2.45, 2.75) is 25.3 Å². The molecule has 6 heteroatoms. The van der Waals surface area contributed by atoms with Gasteiger partial charge in [0.2, 0.25) is 11.8 Å². The highest BCUT2D eigenvalue weighted by atomic mass is 32.1. The number of benzene rings is 1. The van der Waals surface area contributed by atoms with Crippen molar-refractivity contribution >= 4 is 35.4 Å². The molecule has 0 unspecified atom stereocenters. The zero-order valence-corrected chi connectivity index (χ0v) is 12.9. The third-order valence-electron chi connectivity index (χ3n) is 3.75. The lowest BCUT2D eigenvalue weighted by Crippen LogP contribution is -2.58. The van der Waals surface area contributed by atoms with Gasteiger partial charge in [0.1, 0.15) is 0 Å². The van der Waals surface area contributed by atoms with Crippen LogP contribution in [0.1, 0.15) is 18.4 Å². The van der Waals surface area contributed by atoms with E-state index >= 15 is 0 Å². The number of thiocarbonyl (C=S) groups is 1. The summed E-state index contributed by atoms with van der Waals surface area (Å²) < 4.78 is 0. The van der Waals surface area contributed by atoms with E-state index in [4.69, 9.17) is 12.2 Å². The molecule has 3 rings (SSSR count). The van der Waals surface area contributed by atoms with Crippen LogP contribution in [0, 0.1) is 5.92 Å². The lowest BCUT2D eigenvalue weighted by Gasteiger charge is -2.31. The van der Waals surface area contributed by atoms with Gasteiger partial charge in [-0.2, -0.15) is 0 Å². The summed E-state index contributed by atoms with van der Waals surface area (Å²) in [5.41, 5.74) is 1.12. The van der Waals surface area contributed by atoms with Crippen LogP contribution in [0.15, 0.2) is 35.3 Å². The van der Waals surface area contributed by atoms with Crippen molar-refractivity contribution in [3.8, 4) is 0 Å². The maximum absolute atomic E-state index is 12.5. The molecular weight excluding hydrogens is 298 g/mol. The number of hydrogen-bond donors (Lipinski definition) is 1. The summed E-state index contributed by atoms with van der Waals surface area (Å²) in [6.45, 7) is 0.454. The molecule has 0 aromatic heterocycles. The fraction of sp³-hybridized carbons (Fsp3) is 0.375. The third kappa shape index (κ3) is 3.39. The molecule has 0 radical (unpaired) electrons. The second-order valence-corrected chi connectivity index (χ2v) is 5.91. The van der Waals surface area contributed by atoms with E-state index in [1.807, 2.05) is 30.3 Å². The Morgan fingerprint density at radius 3 is 2.68 bits per heavy atom. The largest absolute Gasteiger partial charge is 0.302 e. The fourth-order valence-corrected chi connectivity index (χ4v) is 2.57. The fourth-order valence-electron chi connectivity index (χ4n) is 2.29. The molecule has 1 heterocycles. The van der Waals surface area contributed by atoms with Gasteiger partial charge >= 0.3 is 0 Å². The lowest BCUT2D eigenvalue weighted by molar-refractivity contribution is -0.137. The Morgan fingerprint density at radius 1 is 1.27 bits per heavy atom. The summed E-state index contributed by atoms with van der Waals surface area (Å²) in [6.07, 6.45) is 4.24. The van der Waals surface area contributed by atoms with E-state index in [2.05, 4.69) is 10.3 Å². The maximum Gasteiger partial charge on any atom is 0.246 e. The zero-order valence-electron chi connectivity index (χ0n) is 12.1. The normalized spacial score (nSPS) is 22.3. The van der Waals surface area contributed by atoms with Crippen molar-refractivity contribution in [3.63, 3.8) is 0 Å². The van der Waals surface area contributed by atoms with E-state index in [0.717, 1.165) is 18.4 Å². The van der Waals surface area contributed by atoms with Gasteiger partial charge in [0.05, 0.1) is 0 Å². The Morgan fingerprint density at radius 2 is 2.00 bits per heavy atom. The smallest absolute Gasteiger partial charge is 0.246 e. The first kappa shape index (κ1) is 14.8. The Labute approximate surface area is 134 Å². The molecule has 1 aliphatic heterocycles. The van der Waals surface area contributed by atoms with E-state index in [1.54, 1.807) is 0 Å². The average molecular weight is 315 g/mol. The lowest BCUT2D eigenvalue weighted by atomic mass is 10.1. The van der Waals surface area contributed by atoms with Gasteiger partial charge in [-0.3, -0.25) is 19.5 Å². The summed E-state index contributed by atoms with van der Waals surface area (Å²) in [4.78, 5) is 30.1. The second kappa shape index (κ2) is 6.36. The van der Waals surface area contributed by atoms with Crippen LogP contribution in [0.4, 0.5) is 0 Å². The number of aliphatic imine (C=N–C) groups is 1. The van der Waals surface area contributed by atoms with Crippen LogP contribution in [0.3, 0.4) is 0 Å². The molecule has 1 aliphatic carbocycles. The van der Waals surface area contributed by atoms with Crippen molar-refractivity contribution in [2.75, 3.05) is 6.54 Å². The number of hydrogen-bond acceptors (Lipinski definition) is 4. The first-order valence-electron chi connectivity index (χ1n) is 7.38. The molecule has 2 aliphatic rings. The number of carbonyl (C=O) groups excluding carboxylic acids is 2. The van der Waals surface area contributed by atoms with Gasteiger partial charge in [-0.1, -0.05) is 30.3 Å². The summed E-state index contributed by atoms with van der Waals surface area (Å²) in [7, 11) is 0. The van der Waals surface area contributed by atoms with Gasteiger partial charge in [0.15, 0.2) is 11.0 Å². The first-order valence-corrected chi connectivity index (χ1v) is 7.79. The molecule has 1 aromatic rings. The van der Waals surface area contributed by atoms with E-state index in [-0.39, 0.29) is 23.0 Å². The Balaban J connectivity index is 1.67.